The number of hydrogen-bond donors (Lipinski definition) is 1. The van der Waals surface area contributed by atoms with Gasteiger partial charge in [0, 0.05) is 24.7 Å². The highest BCUT2D eigenvalue weighted by Gasteiger charge is 2.36. The number of para-hydroxylation sites is 1. The number of hydrogen-bond acceptors (Lipinski definition) is 4. The Balaban J connectivity index is 1.76. The van der Waals surface area contributed by atoms with Crippen molar-refractivity contribution < 1.29 is 27.9 Å². The molecule has 2 amide bonds. The number of nitrogens with zero attached hydrogens (tertiary/aromatic N) is 1. The largest absolute Gasteiger partial charge is 0.462 e. The van der Waals surface area contributed by atoms with Gasteiger partial charge >= 0.3 is 5.97 Å². The van der Waals surface area contributed by atoms with Crippen molar-refractivity contribution in [1.29, 1.82) is 0 Å². The lowest BCUT2D eigenvalue weighted by molar-refractivity contribution is -0.122. The lowest BCUT2D eigenvalue weighted by atomic mass is 10.1. The van der Waals surface area contributed by atoms with Gasteiger partial charge < -0.3 is 15.0 Å². The van der Waals surface area contributed by atoms with E-state index >= 15 is 0 Å². The van der Waals surface area contributed by atoms with E-state index in [1.54, 1.807) is 31.2 Å². The number of carbonyl (C=O) groups excluding carboxylic acids is 3. The molecule has 1 heterocycles. The maximum absolute atomic E-state index is 13.3. The molecule has 1 aliphatic rings. The van der Waals surface area contributed by atoms with Crippen molar-refractivity contribution in [3.05, 3.63) is 59.7 Å². The Hall–Kier alpha value is -3.29. The van der Waals surface area contributed by atoms with Gasteiger partial charge in [0.05, 0.1) is 23.8 Å². The Morgan fingerprint density at radius 1 is 1.18 bits per heavy atom. The second-order valence-electron chi connectivity index (χ2n) is 6.26. The van der Waals surface area contributed by atoms with Crippen LogP contribution in [-0.2, 0) is 14.3 Å². The predicted molar refractivity (Wildman–Crippen MR) is 97.8 cm³/mol. The summed E-state index contributed by atoms with van der Waals surface area (Å²) in [4.78, 5) is 38.4. The van der Waals surface area contributed by atoms with Crippen LogP contribution >= 0.6 is 0 Å². The van der Waals surface area contributed by atoms with Gasteiger partial charge in [0.15, 0.2) is 11.6 Å². The van der Waals surface area contributed by atoms with Crippen LogP contribution in [0.3, 0.4) is 0 Å². The molecule has 1 unspecified atom stereocenters. The fraction of sp³-hybridized carbons (Fsp3) is 0.250. The lowest BCUT2D eigenvalue weighted by Gasteiger charge is -2.19. The summed E-state index contributed by atoms with van der Waals surface area (Å²) in [6, 6.07) is 9.52. The van der Waals surface area contributed by atoms with Gasteiger partial charge in [-0.15, -0.1) is 0 Å². The average Bonchev–Trinajstić information content (AvgIpc) is 3.06. The van der Waals surface area contributed by atoms with Gasteiger partial charge in [0.1, 0.15) is 0 Å². The SMILES string of the molecule is CCOC(=O)c1ccccc1N1CC(C(=O)Nc2ccc(F)c(F)c2)CC1=O. The fourth-order valence-corrected chi connectivity index (χ4v) is 3.02. The summed E-state index contributed by atoms with van der Waals surface area (Å²) in [6.07, 6.45) is -0.0628. The topological polar surface area (TPSA) is 75.7 Å². The molecule has 0 saturated carbocycles. The van der Waals surface area contributed by atoms with Crippen molar-refractivity contribution in [1.82, 2.24) is 0 Å². The van der Waals surface area contributed by atoms with Crippen LogP contribution in [0.1, 0.15) is 23.7 Å². The Morgan fingerprint density at radius 3 is 2.64 bits per heavy atom. The number of anilines is 2. The minimum atomic E-state index is -1.08. The van der Waals surface area contributed by atoms with Crippen molar-refractivity contribution in [2.24, 2.45) is 5.92 Å². The first-order valence-electron chi connectivity index (χ1n) is 8.73. The number of ether oxygens (including phenoxy) is 1. The molecule has 146 valence electrons. The first-order valence-corrected chi connectivity index (χ1v) is 8.73. The first kappa shape index (κ1) is 19.5. The molecule has 1 fully saturated rings. The highest BCUT2D eigenvalue weighted by molar-refractivity contribution is 6.07. The molecule has 3 rings (SSSR count). The Bertz CT molecular complexity index is 932. The highest BCUT2D eigenvalue weighted by Crippen LogP contribution is 2.29. The maximum atomic E-state index is 13.3. The normalized spacial score (nSPS) is 16.2. The van der Waals surface area contributed by atoms with Crippen molar-refractivity contribution in [2.45, 2.75) is 13.3 Å². The summed E-state index contributed by atoms with van der Waals surface area (Å²) in [7, 11) is 0. The molecule has 2 aromatic carbocycles. The summed E-state index contributed by atoms with van der Waals surface area (Å²) < 4.78 is 31.3. The van der Waals surface area contributed by atoms with Crippen molar-refractivity contribution >= 4 is 29.2 Å². The molecule has 1 N–H and O–H groups in total. The number of rotatable bonds is 5. The average molecular weight is 388 g/mol. The molecule has 0 spiro atoms. The molecule has 0 bridgehead atoms. The van der Waals surface area contributed by atoms with Gasteiger partial charge in [0.25, 0.3) is 0 Å². The summed E-state index contributed by atoms with van der Waals surface area (Å²) in [5, 5.41) is 2.49. The molecule has 6 nitrogen and oxygen atoms in total. The van der Waals surface area contributed by atoms with Crippen LogP contribution in [0, 0.1) is 17.6 Å². The van der Waals surface area contributed by atoms with Gasteiger partial charge in [-0.25, -0.2) is 13.6 Å². The maximum Gasteiger partial charge on any atom is 0.340 e. The van der Waals surface area contributed by atoms with Crippen LogP contribution in [0.25, 0.3) is 0 Å². The number of esters is 1. The molecular formula is C20H18F2N2O4. The highest BCUT2D eigenvalue weighted by atomic mass is 19.2. The number of amides is 2. The minimum absolute atomic E-state index is 0.0603. The van der Waals surface area contributed by atoms with Gasteiger partial charge in [0.2, 0.25) is 11.8 Å². The third-order valence-corrected chi connectivity index (χ3v) is 4.37. The van der Waals surface area contributed by atoms with Crippen molar-refractivity contribution in [3.8, 4) is 0 Å². The minimum Gasteiger partial charge on any atom is -0.462 e. The third-order valence-electron chi connectivity index (χ3n) is 4.37. The summed E-state index contributed by atoms with van der Waals surface area (Å²) in [5.41, 5.74) is 0.704. The van der Waals surface area contributed by atoms with Crippen molar-refractivity contribution in [2.75, 3.05) is 23.4 Å². The molecule has 1 atom stereocenters. The van der Waals surface area contributed by atoms with Crippen molar-refractivity contribution in [3.63, 3.8) is 0 Å². The van der Waals surface area contributed by atoms with E-state index in [1.807, 2.05) is 0 Å². The van der Waals surface area contributed by atoms with E-state index in [-0.39, 0.29) is 36.7 Å². The molecule has 1 aliphatic heterocycles. The molecule has 8 heteroatoms. The number of carbonyl (C=O) groups is 3. The molecular weight excluding hydrogens is 370 g/mol. The van der Waals surface area contributed by atoms with Crippen LogP contribution in [0.5, 0.6) is 0 Å². The van der Waals surface area contributed by atoms with E-state index in [2.05, 4.69) is 5.32 Å². The Labute approximate surface area is 160 Å². The van der Waals surface area contributed by atoms with Crippen LogP contribution < -0.4 is 10.2 Å². The number of halogens is 2. The first-order chi connectivity index (χ1) is 13.4. The number of benzene rings is 2. The van der Waals surface area contributed by atoms with Gasteiger partial charge in [-0.3, -0.25) is 9.59 Å². The van der Waals surface area contributed by atoms with Gasteiger partial charge in [-0.1, -0.05) is 12.1 Å². The Morgan fingerprint density at radius 2 is 1.93 bits per heavy atom. The van der Waals surface area contributed by atoms with Gasteiger partial charge in [-0.2, -0.15) is 0 Å². The van der Waals surface area contributed by atoms with Gasteiger partial charge in [-0.05, 0) is 31.2 Å². The summed E-state index contributed by atoms with van der Waals surface area (Å²) >= 11 is 0. The van der Waals surface area contributed by atoms with E-state index in [0.29, 0.717) is 5.69 Å². The van der Waals surface area contributed by atoms with E-state index in [1.165, 1.54) is 11.0 Å². The monoisotopic (exact) mass is 388 g/mol. The second kappa shape index (κ2) is 8.16. The molecule has 0 aromatic heterocycles. The van der Waals surface area contributed by atoms with Crippen LogP contribution in [0.4, 0.5) is 20.2 Å². The second-order valence-corrected chi connectivity index (χ2v) is 6.26. The van der Waals surface area contributed by atoms with E-state index in [0.717, 1.165) is 12.1 Å². The fourth-order valence-electron chi connectivity index (χ4n) is 3.02. The predicted octanol–water partition coefficient (Wildman–Crippen LogP) is 3.13. The van der Waals surface area contributed by atoms with E-state index in [9.17, 15) is 23.2 Å². The smallest absolute Gasteiger partial charge is 0.340 e. The number of nitrogens with one attached hydrogen (secondary N) is 1. The zero-order valence-corrected chi connectivity index (χ0v) is 15.1. The van der Waals surface area contributed by atoms with E-state index in [4.69, 9.17) is 4.74 Å². The lowest BCUT2D eigenvalue weighted by Crippen LogP contribution is -2.29. The van der Waals surface area contributed by atoms with Crippen LogP contribution in [0.15, 0.2) is 42.5 Å². The molecule has 28 heavy (non-hydrogen) atoms. The molecule has 2 aromatic rings. The standard InChI is InChI=1S/C20H18F2N2O4/c1-2-28-20(27)14-5-3-4-6-17(14)24-11-12(9-18(24)25)19(26)23-13-7-8-15(21)16(22)10-13/h3-8,10,12H,2,9,11H2,1H3,(H,23,26). The molecule has 0 aliphatic carbocycles. The molecule has 1 saturated heterocycles. The van der Waals surface area contributed by atoms with Crippen LogP contribution in [0.2, 0.25) is 0 Å². The van der Waals surface area contributed by atoms with E-state index < -0.39 is 29.4 Å². The zero-order chi connectivity index (χ0) is 20.3. The molecule has 0 radical (unpaired) electrons. The Kier molecular flexibility index (Phi) is 5.67. The zero-order valence-electron chi connectivity index (χ0n) is 15.1. The summed E-state index contributed by atoms with van der Waals surface area (Å²) in [5.74, 6) is -4.16. The summed E-state index contributed by atoms with van der Waals surface area (Å²) in [6.45, 7) is 1.94. The van der Waals surface area contributed by atoms with Crippen LogP contribution in [-0.4, -0.2) is 30.9 Å². The quantitative estimate of drug-likeness (QED) is 0.799. The third kappa shape index (κ3) is 4.00.